The molecule has 0 bridgehead atoms. The number of pyridine rings is 1. The predicted octanol–water partition coefficient (Wildman–Crippen LogP) is 1.40. The summed E-state index contributed by atoms with van der Waals surface area (Å²) in [5.41, 5.74) is 1.23. The maximum Gasteiger partial charge on any atom is 0.211 e. The smallest absolute Gasteiger partial charge is 0.211 e. The lowest BCUT2D eigenvalue weighted by atomic mass is 10.2. The number of hydrogen-bond acceptors (Lipinski definition) is 5. The molecule has 25 heavy (non-hydrogen) atoms. The largest absolute Gasteiger partial charge is 0.303 e. The fraction of sp³-hybridized carbons (Fsp3) is 0.722. The van der Waals surface area contributed by atoms with Crippen LogP contribution < -0.4 is 0 Å². The Kier molecular flexibility index (Phi) is 6.44. The predicted molar refractivity (Wildman–Crippen MR) is 99.8 cm³/mol. The summed E-state index contributed by atoms with van der Waals surface area (Å²) in [5, 5.41) is 0. The van der Waals surface area contributed by atoms with Crippen LogP contribution >= 0.6 is 0 Å². The molecule has 140 valence electrons. The van der Waals surface area contributed by atoms with Gasteiger partial charge in [0.15, 0.2) is 0 Å². The molecule has 6 nitrogen and oxygen atoms in total. The first-order valence-corrected chi connectivity index (χ1v) is 11.2. The highest BCUT2D eigenvalue weighted by atomic mass is 32.2. The van der Waals surface area contributed by atoms with E-state index < -0.39 is 10.0 Å². The number of rotatable bonds is 8. The van der Waals surface area contributed by atoms with E-state index in [1.54, 1.807) is 4.31 Å². The lowest BCUT2D eigenvalue weighted by Gasteiger charge is -2.27. The Hall–Kier alpha value is -1.02. The first-order valence-electron chi connectivity index (χ1n) is 9.33. The quantitative estimate of drug-likeness (QED) is 0.696. The second-order valence-corrected chi connectivity index (χ2v) is 9.24. The number of nitrogens with zero attached hydrogens (tertiary/aromatic N) is 4. The second-order valence-electron chi connectivity index (χ2n) is 7.31. The normalized spacial score (nSPS) is 22.9. The van der Waals surface area contributed by atoms with Crippen molar-refractivity contribution in [3.8, 4) is 0 Å². The van der Waals surface area contributed by atoms with E-state index in [0.717, 1.165) is 39.0 Å². The van der Waals surface area contributed by atoms with Crippen LogP contribution in [0.2, 0.25) is 0 Å². The summed E-state index contributed by atoms with van der Waals surface area (Å²) in [6.45, 7) is 6.63. The van der Waals surface area contributed by atoms with E-state index >= 15 is 0 Å². The van der Waals surface area contributed by atoms with E-state index in [-0.39, 0.29) is 6.04 Å². The van der Waals surface area contributed by atoms with Crippen molar-refractivity contribution in [3.63, 3.8) is 0 Å². The minimum absolute atomic E-state index is 0.107. The molecular formula is C18H30N4O2S. The maximum atomic E-state index is 12.3. The molecule has 3 heterocycles. The van der Waals surface area contributed by atoms with Crippen molar-refractivity contribution in [2.45, 2.75) is 38.3 Å². The average Bonchev–Trinajstić information content (AvgIpc) is 3.23. The third-order valence-electron chi connectivity index (χ3n) is 5.29. The van der Waals surface area contributed by atoms with Gasteiger partial charge in [0.25, 0.3) is 0 Å². The number of sulfonamides is 1. The van der Waals surface area contributed by atoms with Crippen molar-refractivity contribution in [3.05, 3.63) is 30.1 Å². The van der Waals surface area contributed by atoms with Gasteiger partial charge in [0.1, 0.15) is 0 Å². The highest BCUT2D eigenvalue weighted by Gasteiger charge is 2.32. The van der Waals surface area contributed by atoms with Gasteiger partial charge in [0, 0.05) is 44.6 Å². The minimum Gasteiger partial charge on any atom is -0.303 e. The molecule has 2 fully saturated rings. The molecule has 0 aliphatic carbocycles. The molecule has 0 N–H and O–H groups in total. The summed E-state index contributed by atoms with van der Waals surface area (Å²) in [7, 11) is -3.16. The van der Waals surface area contributed by atoms with Crippen LogP contribution in [0.5, 0.6) is 0 Å². The van der Waals surface area contributed by atoms with Crippen LogP contribution in [0.1, 0.15) is 31.2 Å². The highest BCUT2D eigenvalue weighted by Crippen LogP contribution is 2.21. The minimum atomic E-state index is -3.16. The highest BCUT2D eigenvalue weighted by molar-refractivity contribution is 7.88. The van der Waals surface area contributed by atoms with Crippen molar-refractivity contribution in [1.82, 2.24) is 19.1 Å². The number of aromatic nitrogens is 1. The maximum absolute atomic E-state index is 12.3. The van der Waals surface area contributed by atoms with Crippen molar-refractivity contribution >= 4 is 10.0 Å². The van der Waals surface area contributed by atoms with Crippen LogP contribution in [-0.2, 0) is 16.6 Å². The monoisotopic (exact) mass is 366 g/mol. The SMILES string of the molecule is CS(=O)(=O)N(CCCN1CCCC1)C1CCN(Cc2ccncc2)C1. The van der Waals surface area contributed by atoms with Gasteiger partial charge in [0.2, 0.25) is 10.0 Å². The Morgan fingerprint density at radius 1 is 1.16 bits per heavy atom. The van der Waals surface area contributed by atoms with E-state index in [1.807, 2.05) is 24.5 Å². The second kappa shape index (κ2) is 8.58. The molecule has 7 heteroatoms. The van der Waals surface area contributed by atoms with E-state index in [2.05, 4.69) is 14.8 Å². The Bertz CT molecular complexity index is 632. The van der Waals surface area contributed by atoms with Crippen LogP contribution in [0.15, 0.2) is 24.5 Å². The lowest BCUT2D eigenvalue weighted by Crippen LogP contribution is -2.42. The molecule has 2 aliphatic heterocycles. The summed E-state index contributed by atoms with van der Waals surface area (Å²) < 4.78 is 26.3. The standard InChI is InChI=1S/C18H30N4O2S/c1-25(23,24)22(13-4-12-20-10-2-3-11-20)18-7-14-21(16-18)15-17-5-8-19-9-6-17/h5-6,8-9,18H,2-4,7,10-16H2,1H3. The molecule has 0 saturated carbocycles. The van der Waals surface area contributed by atoms with Gasteiger partial charge in [-0.2, -0.15) is 4.31 Å². The van der Waals surface area contributed by atoms with Crippen LogP contribution in [0.25, 0.3) is 0 Å². The first kappa shape index (κ1) is 18.8. The van der Waals surface area contributed by atoms with Crippen LogP contribution in [0, 0.1) is 0 Å². The zero-order chi connectivity index (χ0) is 17.7. The fourth-order valence-corrected chi connectivity index (χ4v) is 5.19. The molecule has 1 aromatic heterocycles. The Morgan fingerprint density at radius 3 is 2.56 bits per heavy atom. The van der Waals surface area contributed by atoms with Gasteiger partial charge in [-0.25, -0.2) is 8.42 Å². The number of likely N-dealkylation sites (tertiary alicyclic amines) is 2. The molecule has 0 spiro atoms. The van der Waals surface area contributed by atoms with Crippen LogP contribution in [0.4, 0.5) is 0 Å². The average molecular weight is 367 g/mol. The van der Waals surface area contributed by atoms with Crippen LogP contribution in [0.3, 0.4) is 0 Å². The van der Waals surface area contributed by atoms with Gasteiger partial charge in [-0.05, 0) is 63.0 Å². The van der Waals surface area contributed by atoms with Gasteiger partial charge in [-0.3, -0.25) is 9.88 Å². The molecule has 1 unspecified atom stereocenters. The Labute approximate surface area is 151 Å². The molecular weight excluding hydrogens is 336 g/mol. The number of hydrogen-bond donors (Lipinski definition) is 0. The molecule has 1 atom stereocenters. The van der Waals surface area contributed by atoms with Gasteiger partial charge in [0.05, 0.1) is 6.26 Å². The lowest BCUT2D eigenvalue weighted by molar-refractivity contribution is 0.263. The Morgan fingerprint density at radius 2 is 1.88 bits per heavy atom. The summed E-state index contributed by atoms with van der Waals surface area (Å²) in [4.78, 5) is 8.85. The molecule has 2 saturated heterocycles. The van der Waals surface area contributed by atoms with Crippen molar-refractivity contribution in [2.24, 2.45) is 0 Å². The van der Waals surface area contributed by atoms with Crippen molar-refractivity contribution < 1.29 is 8.42 Å². The molecule has 0 radical (unpaired) electrons. The topological polar surface area (TPSA) is 56.8 Å². The van der Waals surface area contributed by atoms with Gasteiger partial charge < -0.3 is 4.90 Å². The van der Waals surface area contributed by atoms with Gasteiger partial charge in [-0.1, -0.05) is 0 Å². The third kappa shape index (κ3) is 5.48. The molecule has 1 aromatic rings. The zero-order valence-corrected chi connectivity index (χ0v) is 16.0. The third-order valence-corrected chi connectivity index (χ3v) is 6.62. The van der Waals surface area contributed by atoms with E-state index in [9.17, 15) is 8.42 Å². The summed E-state index contributed by atoms with van der Waals surface area (Å²) in [6.07, 6.45) is 9.38. The zero-order valence-electron chi connectivity index (χ0n) is 15.2. The van der Waals surface area contributed by atoms with Gasteiger partial charge >= 0.3 is 0 Å². The molecule has 2 aliphatic rings. The molecule has 3 rings (SSSR count). The summed E-state index contributed by atoms with van der Waals surface area (Å²) in [6, 6.07) is 4.16. The van der Waals surface area contributed by atoms with Crippen LogP contribution in [-0.4, -0.2) is 79.1 Å². The molecule has 0 aromatic carbocycles. The van der Waals surface area contributed by atoms with E-state index in [0.29, 0.717) is 6.54 Å². The molecule has 0 amide bonds. The Balaban J connectivity index is 1.52. The summed E-state index contributed by atoms with van der Waals surface area (Å²) in [5.74, 6) is 0. The van der Waals surface area contributed by atoms with E-state index in [4.69, 9.17) is 0 Å². The van der Waals surface area contributed by atoms with Crippen molar-refractivity contribution in [2.75, 3.05) is 45.5 Å². The van der Waals surface area contributed by atoms with Gasteiger partial charge in [-0.15, -0.1) is 0 Å². The van der Waals surface area contributed by atoms with Crippen molar-refractivity contribution in [1.29, 1.82) is 0 Å². The summed E-state index contributed by atoms with van der Waals surface area (Å²) >= 11 is 0. The first-order chi connectivity index (χ1) is 12.0. The van der Waals surface area contributed by atoms with E-state index in [1.165, 1.54) is 37.8 Å². The fourth-order valence-electron chi connectivity index (χ4n) is 4.01.